The lowest BCUT2D eigenvalue weighted by Crippen LogP contribution is -2.46. The molecule has 1 heterocycles. The van der Waals surface area contributed by atoms with E-state index in [0.29, 0.717) is 12.2 Å². The number of aromatic nitrogens is 2. The van der Waals surface area contributed by atoms with Crippen LogP contribution in [0.25, 0.3) is 0 Å². The molecule has 5 N–H and O–H groups in total. The van der Waals surface area contributed by atoms with E-state index in [1.807, 2.05) is 20.8 Å². The molecule has 0 saturated heterocycles. The van der Waals surface area contributed by atoms with Crippen LogP contribution in [-0.2, 0) is 4.79 Å². The van der Waals surface area contributed by atoms with Gasteiger partial charge in [-0.05, 0) is 19.3 Å². The first-order valence-electron chi connectivity index (χ1n) is 5.77. The standard InChI is InChI=1S/C11H19N5O2/c1-6(2)4-8(14-11(12)18)10(17)15-9-7(3)5-13-16-9/h5-6,8H,4H2,1-3H3,(H3,12,14,18)(H2,13,15,16,17). The second kappa shape index (κ2) is 6.04. The molecular formula is C11H19N5O2. The highest BCUT2D eigenvalue weighted by Crippen LogP contribution is 2.11. The number of urea groups is 1. The normalized spacial score (nSPS) is 12.2. The fraction of sp³-hybridized carbons (Fsp3) is 0.545. The Labute approximate surface area is 106 Å². The van der Waals surface area contributed by atoms with Gasteiger partial charge in [0, 0.05) is 5.56 Å². The fourth-order valence-electron chi connectivity index (χ4n) is 1.56. The molecule has 0 radical (unpaired) electrons. The SMILES string of the molecule is Cc1cn[nH]c1NC(=O)C(CC(C)C)NC(N)=O. The third-order valence-corrected chi connectivity index (χ3v) is 2.42. The molecule has 1 aromatic heterocycles. The summed E-state index contributed by atoms with van der Waals surface area (Å²) >= 11 is 0. The second-order valence-corrected chi connectivity index (χ2v) is 4.61. The molecular weight excluding hydrogens is 234 g/mol. The average molecular weight is 253 g/mol. The summed E-state index contributed by atoms with van der Waals surface area (Å²) in [5, 5.41) is 11.6. The predicted molar refractivity (Wildman–Crippen MR) is 67.9 cm³/mol. The maximum absolute atomic E-state index is 12.0. The zero-order chi connectivity index (χ0) is 13.7. The molecule has 100 valence electrons. The van der Waals surface area contributed by atoms with Crippen LogP contribution in [0.4, 0.5) is 10.6 Å². The molecule has 0 fully saturated rings. The van der Waals surface area contributed by atoms with E-state index >= 15 is 0 Å². The van der Waals surface area contributed by atoms with Gasteiger partial charge in [0.05, 0.1) is 6.20 Å². The van der Waals surface area contributed by atoms with Crippen molar-refractivity contribution in [1.29, 1.82) is 0 Å². The number of nitrogens with one attached hydrogen (secondary N) is 3. The van der Waals surface area contributed by atoms with Crippen molar-refractivity contribution in [2.24, 2.45) is 11.7 Å². The summed E-state index contributed by atoms with van der Waals surface area (Å²) in [6.07, 6.45) is 2.12. The minimum absolute atomic E-state index is 0.260. The molecule has 0 aromatic carbocycles. The molecule has 3 amide bonds. The number of hydrogen-bond donors (Lipinski definition) is 4. The van der Waals surface area contributed by atoms with Gasteiger partial charge in [-0.3, -0.25) is 9.89 Å². The number of anilines is 1. The lowest BCUT2D eigenvalue weighted by molar-refractivity contribution is -0.118. The fourth-order valence-corrected chi connectivity index (χ4v) is 1.56. The van der Waals surface area contributed by atoms with E-state index in [4.69, 9.17) is 5.73 Å². The average Bonchev–Trinajstić information content (AvgIpc) is 2.62. The summed E-state index contributed by atoms with van der Waals surface area (Å²) in [5.74, 6) is 0.477. The number of aryl methyl sites for hydroxylation is 1. The summed E-state index contributed by atoms with van der Waals surface area (Å²) in [6.45, 7) is 5.74. The summed E-state index contributed by atoms with van der Waals surface area (Å²) < 4.78 is 0. The third kappa shape index (κ3) is 4.08. The Balaban J connectivity index is 2.69. The number of carbonyl (C=O) groups excluding carboxylic acids is 2. The maximum Gasteiger partial charge on any atom is 0.312 e. The molecule has 1 rings (SSSR count). The first-order valence-corrected chi connectivity index (χ1v) is 5.77. The number of primary amides is 1. The molecule has 0 aliphatic carbocycles. The lowest BCUT2D eigenvalue weighted by Gasteiger charge is -2.18. The van der Waals surface area contributed by atoms with Crippen molar-refractivity contribution in [2.75, 3.05) is 5.32 Å². The number of carbonyl (C=O) groups is 2. The van der Waals surface area contributed by atoms with Crippen molar-refractivity contribution < 1.29 is 9.59 Å². The van der Waals surface area contributed by atoms with Crippen LogP contribution in [0.15, 0.2) is 6.20 Å². The van der Waals surface area contributed by atoms with Crippen molar-refractivity contribution in [2.45, 2.75) is 33.2 Å². The molecule has 1 aromatic rings. The van der Waals surface area contributed by atoms with Gasteiger partial charge in [-0.2, -0.15) is 5.10 Å². The van der Waals surface area contributed by atoms with Crippen molar-refractivity contribution in [3.8, 4) is 0 Å². The number of rotatable bonds is 5. The van der Waals surface area contributed by atoms with Gasteiger partial charge in [0.15, 0.2) is 0 Å². The van der Waals surface area contributed by atoms with Gasteiger partial charge in [0.2, 0.25) is 5.91 Å². The van der Waals surface area contributed by atoms with E-state index in [1.165, 1.54) is 0 Å². The Bertz CT molecular complexity index is 427. The highest BCUT2D eigenvalue weighted by molar-refractivity contribution is 5.96. The van der Waals surface area contributed by atoms with Crippen LogP contribution in [0.1, 0.15) is 25.8 Å². The van der Waals surface area contributed by atoms with Crippen LogP contribution in [0.3, 0.4) is 0 Å². The number of nitrogens with zero attached hydrogens (tertiary/aromatic N) is 1. The largest absolute Gasteiger partial charge is 0.352 e. The lowest BCUT2D eigenvalue weighted by atomic mass is 10.0. The van der Waals surface area contributed by atoms with Crippen molar-refractivity contribution >= 4 is 17.8 Å². The number of nitrogens with two attached hydrogens (primary N) is 1. The molecule has 0 spiro atoms. The van der Waals surface area contributed by atoms with Gasteiger partial charge in [-0.15, -0.1) is 0 Å². The number of hydrogen-bond acceptors (Lipinski definition) is 3. The molecule has 7 heteroatoms. The summed E-state index contributed by atoms with van der Waals surface area (Å²) in [7, 11) is 0. The molecule has 7 nitrogen and oxygen atoms in total. The van der Waals surface area contributed by atoms with Crippen LogP contribution in [0.2, 0.25) is 0 Å². The molecule has 0 aliphatic heterocycles. The predicted octanol–water partition coefficient (Wildman–Crippen LogP) is 0.740. The molecule has 0 bridgehead atoms. The Morgan fingerprint density at radius 1 is 1.50 bits per heavy atom. The maximum atomic E-state index is 12.0. The quantitative estimate of drug-likeness (QED) is 0.620. The van der Waals surface area contributed by atoms with Crippen LogP contribution in [0, 0.1) is 12.8 Å². The topological polar surface area (TPSA) is 113 Å². The van der Waals surface area contributed by atoms with E-state index in [9.17, 15) is 9.59 Å². The summed E-state index contributed by atoms with van der Waals surface area (Å²) in [4.78, 5) is 22.9. The summed E-state index contributed by atoms with van der Waals surface area (Å²) in [6, 6.07) is -1.36. The van der Waals surface area contributed by atoms with Gasteiger partial charge < -0.3 is 16.4 Å². The molecule has 1 atom stereocenters. The van der Waals surface area contributed by atoms with Gasteiger partial charge >= 0.3 is 6.03 Å². The van der Waals surface area contributed by atoms with Crippen molar-refractivity contribution in [3.05, 3.63) is 11.8 Å². The highest BCUT2D eigenvalue weighted by Gasteiger charge is 2.21. The number of amides is 3. The number of aromatic amines is 1. The smallest absolute Gasteiger partial charge is 0.312 e. The van der Waals surface area contributed by atoms with E-state index in [0.717, 1.165) is 5.56 Å². The minimum Gasteiger partial charge on any atom is -0.352 e. The monoisotopic (exact) mass is 253 g/mol. The van der Waals surface area contributed by atoms with Gasteiger partial charge in [0.25, 0.3) is 0 Å². The molecule has 1 unspecified atom stereocenters. The van der Waals surface area contributed by atoms with Crippen LogP contribution >= 0.6 is 0 Å². The van der Waals surface area contributed by atoms with E-state index in [-0.39, 0.29) is 11.8 Å². The zero-order valence-corrected chi connectivity index (χ0v) is 10.8. The minimum atomic E-state index is -0.711. The van der Waals surface area contributed by atoms with E-state index in [1.54, 1.807) is 6.20 Å². The van der Waals surface area contributed by atoms with Crippen molar-refractivity contribution in [3.63, 3.8) is 0 Å². The Hall–Kier alpha value is -2.05. The Kier molecular flexibility index (Phi) is 4.70. The Morgan fingerprint density at radius 3 is 2.61 bits per heavy atom. The molecule has 18 heavy (non-hydrogen) atoms. The van der Waals surface area contributed by atoms with Gasteiger partial charge in [-0.1, -0.05) is 13.8 Å². The van der Waals surface area contributed by atoms with Gasteiger partial charge in [-0.25, -0.2) is 4.79 Å². The first-order chi connectivity index (χ1) is 8.40. The zero-order valence-electron chi connectivity index (χ0n) is 10.8. The summed E-state index contributed by atoms with van der Waals surface area (Å²) in [5.41, 5.74) is 5.88. The molecule has 0 saturated carbocycles. The van der Waals surface area contributed by atoms with Crippen molar-refractivity contribution in [1.82, 2.24) is 15.5 Å². The second-order valence-electron chi connectivity index (χ2n) is 4.61. The first kappa shape index (κ1) is 14.0. The van der Waals surface area contributed by atoms with Gasteiger partial charge in [0.1, 0.15) is 11.9 Å². The highest BCUT2D eigenvalue weighted by atomic mass is 16.2. The van der Waals surface area contributed by atoms with E-state index < -0.39 is 12.1 Å². The third-order valence-electron chi connectivity index (χ3n) is 2.42. The number of H-pyrrole nitrogens is 1. The Morgan fingerprint density at radius 2 is 2.17 bits per heavy atom. The van der Waals surface area contributed by atoms with Crippen LogP contribution in [-0.4, -0.2) is 28.2 Å². The van der Waals surface area contributed by atoms with E-state index in [2.05, 4.69) is 20.8 Å². The van der Waals surface area contributed by atoms with Crippen LogP contribution in [0.5, 0.6) is 0 Å². The molecule has 0 aliphatic rings. The van der Waals surface area contributed by atoms with Crippen LogP contribution < -0.4 is 16.4 Å².